The highest BCUT2D eigenvalue weighted by Gasteiger charge is 2.27. The van der Waals surface area contributed by atoms with Gasteiger partial charge in [0.1, 0.15) is 10.5 Å². The van der Waals surface area contributed by atoms with Crippen molar-refractivity contribution in [3.05, 3.63) is 63.0 Å². The summed E-state index contributed by atoms with van der Waals surface area (Å²) in [5, 5.41) is 1.92. The van der Waals surface area contributed by atoms with Crippen LogP contribution >= 0.6 is 11.3 Å². The Morgan fingerprint density at radius 3 is 3.09 bits per heavy atom. The van der Waals surface area contributed by atoms with Crippen LogP contribution in [0, 0.1) is 6.92 Å². The van der Waals surface area contributed by atoms with Gasteiger partial charge in [0.15, 0.2) is 0 Å². The van der Waals surface area contributed by atoms with E-state index in [9.17, 15) is 4.79 Å². The van der Waals surface area contributed by atoms with Gasteiger partial charge in [-0.3, -0.25) is 9.69 Å². The van der Waals surface area contributed by atoms with Crippen molar-refractivity contribution in [1.82, 2.24) is 14.9 Å². The molecule has 1 aromatic carbocycles. The molecule has 0 radical (unpaired) electrons. The van der Waals surface area contributed by atoms with Crippen LogP contribution in [0.4, 0.5) is 0 Å². The summed E-state index contributed by atoms with van der Waals surface area (Å²) < 4.78 is 0.714. The smallest absolute Gasteiger partial charge is 0.268 e. The molecule has 118 valence electrons. The molecule has 3 heterocycles. The van der Waals surface area contributed by atoms with Gasteiger partial charge in [-0.05, 0) is 48.9 Å². The van der Waals surface area contributed by atoms with Crippen LogP contribution in [0.5, 0.6) is 0 Å². The Labute approximate surface area is 138 Å². The van der Waals surface area contributed by atoms with E-state index in [1.54, 1.807) is 0 Å². The number of fused-ring (bicyclic) bond motifs is 1. The standard InChI is InChI=1S/C18H19N3OS/c1-12-5-2-3-6-13(12)15-7-4-9-21(15)11-16-19-14-8-10-23-17(14)18(22)20-16/h2-3,5-6,8,10,15H,4,7,9,11H2,1H3,(H,19,20,22)/t15-/m1/s1. The number of nitrogens with zero attached hydrogens (tertiary/aromatic N) is 2. The monoisotopic (exact) mass is 325 g/mol. The number of H-pyrrole nitrogens is 1. The Bertz CT molecular complexity index is 898. The molecule has 1 N–H and O–H groups in total. The predicted octanol–water partition coefficient (Wildman–Crippen LogP) is 3.63. The van der Waals surface area contributed by atoms with Crippen molar-refractivity contribution in [2.75, 3.05) is 6.54 Å². The molecule has 0 saturated carbocycles. The van der Waals surface area contributed by atoms with Crippen LogP contribution in [0.3, 0.4) is 0 Å². The number of benzene rings is 1. The van der Waals surface area contributed by atoms with Gasteiger partial charge in [-0.15, -0.1) is 11.3 Å². The average molecular weight is 325 g/mol. The molecule has 23 heavy (non-hydrogen) atoms. The molecular weight excluding hydrogens is 306 g/mol. The number of likely N-dealkylation sites (tertiary alicyclic amines) is 1. The lowest BCUT2D eigenvalue weighted by molar-refractivity contribution is 0.242. The lowest BCUT2D eigenvalue weighted by atomic mass is 9.99. The SMILES string of the molecule is Cc1ccccc1[C@H]1CCCN1Cc1nc2ccsc2c(=O)[nH]1. The van der Waals surface area contributed by atoms with E-state index in [2.05, 4.69) is 46.1 Å². The van der Waals surface area contributed by atoms with Crippen LogP contribution < -0.4 is 5.56 Å². The number of thiophene rings is 1. The molecule has 0 unspecified atom stereocenters. The summed E-state index contributed by atoms with van der Waals surface area (Å²) in [6.45, 7) is 3.91. The summed E-state index contributed by atoms with van der Waals surface area (Å²) in [4.78, 5) is 22.1. The van der Waals surface area contributed by atoms with Crippen LogP contribution in [0.15, 0.2) is 40.5 Å². The van der Waals surface area contributed by atoms with Gasteiger partial charge in [-0.1, -0.05) is 24.3 Å². The van der Waals surface area contributed by atoms with Gasteiger partial charge < -0.3 is 4.98 Å². The van der Waals surface area contributed by atoms with E-state index in [4.69, 9.17) is 0 Å². The summed E-state index contributed by atoms with van der Waals surface area (Å²) in [6, 6.07) is 10.9. The molecule has 5 heteroatoms. The van der Waals surface area contributed by atoms with Crippen molar-refractivity contribution in [2.45, 2.75) is 32.4 Å². The van der Waals surface area contributed by atoms with Crippen LogP contribution in [-0.4, -0.2) is 21.4 Å². The fourth-order valence-electron chi connectivity index (χ4n) is 3.52. The quantitative estimate of drug-likeness (QED) is 0.800. The highest BCUT2D eigenvalue weighted by Crippen LogP contribution is 2.34. The second-order valence-corrected chi connectivity index (χ2v) is 7.05. The number of rotatable bonds is 3. The van der Waals surface area contributed by atoms with Gasteiger partial charge in [-0.2, -0.15) is 0 Å². The van der Waals surface area contributed by atoms with E-state index in [1.807, 2.05) is 11.4 Å². The van der Waals surface area contributed by atoms with Crippen LogP contribution in [0.1, 0.15) is 35.8 Å². The van der Waals surface area contributed by atoms with Crippen molar-refractivity contribution in [1.29, 1.82) is 0 Å². The molecule has 4 nitrogen and oxygen atoms in total. The number of nitrogens with one attached hydrogen (secondary N) is 1. The summed E-state index contributed by atoms with van der Waals surface area (Å²) >= 11 is 1.44. The predicted molar refractivity (Wildman–Crippen MR) is 93.8 cm³/mol. The molecule has 3 aromatic rings. The normalized spacial score (nSPS) is 18.7. The maximum atomic E-state index is 12.1. The van der Waals surface area contributed by atoms with Crippen LogP contribution in [-0.2, 0) is 6.54 Å². The van der Waals surface area contributed by atoms with Crippen LogP contribution in [0.2, 0.25) is 0 Å². The van der Waals surface area contributed by atoms with E-state index in [-0.39, 0.29) is 5.56 Å². The highest BCUT2D eigenvalue weighted by atomic mass is 32.1. The molecule has 0 amide bonds. The zero-order valence-corrected chi connectivity index (χ0v) is 13.9. The Morgan fingerprint density at radius 2 is 2.22 bits per heavy atom. The van der Waals surface area contributed by atoms with Crippen LogP contribution in [0.25, 0.3) is 10.2 Å². The summed E-state index contributed by atoms with van der Waals surface area (Å²) in [5.74, 6) is 0.765. The molecule has 0 bridgehead atoms. The number of aromatic amines is 1. The minimum absolute atomic E-state index is 0.0216. The first kappa shape index (κ1) is 14.6. The summed E-state index contributed by atoms with van der Waals surface area (Å²) in [6.07, 6.45) is 2.35. The molecule has 1 saturated heterocycles. The van der Waals surface area contributed by atoms with Crippen molar-refractivity contribution >= 4 is 21.6 Å². The molecule has 1 atom stereocenters. The fourth-order valence-corrected chi connectivity index (χ4v) is 4.24. The first-order valence-corrected chi connectivity index (χ1v) is 8.86. The summed E-state index contributed by atoms with van der Waals surface area (Å²) in [5.41, 5.74) is 3.51. The van der Waals surface area contributed by atoms with Crippen molar-refractivity contribution in [2.24, 2.45) is 0 Å². The van der Waals surface area contributed by atoms with Crippen molar-refractivity contribution in [3.63, 3.8) is 0 Å². The molecular formula is C18H19N3OS. The Morgan fingerprint density at radius 1 is 1.35 bits per heavy atom. The van der Waals surface area contributed by atoms with Gasteiger partial charge >= 0.3 is 0 Å². The molecule has 2 aromatic heterocycles. The maximum absolute atomic E-state index is 12.1. The van der Waals surface area contributed by atoms with Gasteiger partial charge in [0.05, 0.1) is 12.1 Å². The Kier molecular flexibility index (Phi) is 3.75. The second-order valence-electron chi connectivity index (χ2n) is 6.13. The van der Waals surface area contributed by atoms with E-state index in [0.29, 0.717) is 17.3 Å². The third kappa shape index (κ3) is 2.71. The van der Waals surface area contributed by atoms with E-state index in [0.717, 1.165) is 24.3 Å². The zero-order chi connectivity index (χ0) is 15.8. The fraction of sp³-hybridized carbons (Fsp3) is 0.333. The van der Waals surface area contributed by atoms with Gasteiger partial charge in [-0.25, -0.2) is 4.98 Å². The molecule has 0 aliphatic carbocycles. The van der Waals surface area contributed by atoms with E-state index in [1.165, 1.54) is 28.9 Å². The van der Waals surface area contributed by atoms with Crippen molar-refractivity contribution < 1.29 is 0 Å². The topological polar surface area (TPSA) is 49.0 Å². The Hall–Kier alpha value is -1.98. The highest BCUT2D eigenvalue weighted by molar-refractivity contribution is 7.17. The second kappa shape index (κ2) is 5.91. The molecule has 1 fully saturated rings. The first-order valence-electron chi connectivity index (χ1n) is 7.98. The van der Waals surface area contributed by atoms with E-state index < -0.39 is 0 Å². The third-order valence-electron chi connectivity index (χ3n) is 4.63. The summed E-state index contributed by atoms with van der Waals surface area (Å²) in [7, 11) is 0. The third-order valence-corrected chi connectivity index (χ3v) is 5.53. The largest absolute Gasteiger partial charge is 0.308 e. The van der Waals surface area contributed by atoms with Gasteiger partial charge in [0, 0.05) is 6.04 Å². The van der Waals surface area contributed by atoms with Crippen molar-refractivity contribution in [3.8, 4) is 0 Å². The van der Waals surface area contributed by atoms with Gasteiger partial charge in [0.2, 0.25) is 0 Å². The van der Waals surface area contributed by atoms with Gasteiger partial charge in [0.25, 0.3) is 5.56 Å². The number of hydrogen-bond donors (Lipinski definition) is 1. The lowest BCUT2D eigenvalue weighted by Crippen LogP contribution is -2.25. The minimum Gasteiger partial charge on any atom is -0.308 e. The average Bonchev–Trinajstić information content (AvgIpc) is 3.17. The minimum atomic E-state index is -0.0216. The van der Waals surface area contributed by atoms with E-state index >= 15 is 0 Å². The molecule has 4 rings (SSSR count). The number of aryl methyl sites for hydroxylation is 1. The first-order chi connectivity index (χ1) is 11.2. The Balaban J connectivity index is 1.64. The molecule has 0 spiro atoms. The lowest BCUT2D eigenvalue weighted by Gasteiger charge is -2.25. The number of aromatic nitrogens is 2. The molecule has 1 aliphatic rings. The number of hydrogen-bond acceptors (Lipinski definition) is 4. The zero-order valence-electron chi connectivity index (χ0n) is 13.1. The molecule has 1 aliphatic heterocycles. The maximum Gasteiger partial charge on any atom is 0.268 e.